The third-order valence-corrected chi connectivity index (χ3v) is 3.85. The minimum atomic E-state index is -0.466. The summed E-state index contributed by atoms with van der Waals surface area (Å²) in [4.78, 5) is 6.11. The number of hydrogen-bond donors (Lipinski definition) is 1. The van der Waals surface area contributed by atoms with E-state index in [9.17, 15) is 9.50 Å². The van der Waals surface area contributed by atoms with E-state index in [1.54, 1.807) is 0 Å². The van der Waals surface area contributed by atoms with Crippen LogP contribution >= 0.6 is 0 Å². The van der Waals surface area contributed by atoms with Crippen molar-refractivity contribution in [2.45, 2.75) is 19.7 Å². The Kier molecular flexibility index (Phi) is 5.18. The number of hydrogen-bond acceptors (Lipinski definition) is 3. The minimum absolute atomic E-state index is 0.256. The van der Waals surface area contributed by atoms with E-state index >= 15 is 0 Å². The van der Waals surface area contributed by atoms with Gasteiger partial charge < -0.3 is 10.0 Å². The molecule has 1 N–H and O–H groups in total. The van der Waals surface area contributed by atoms with Crippen LogP contribution in [0.1, 0.15) is 16.7 Å². The summed E-state index contributed by atoms with van der Waals surface area (Å²) in [5.74, 6) is -0.207. The molecule has 0 atom stereocenters. The first-order chi connectivity index (χ1) is 11.8. The normalized spacial score (nSPS) is 10.6. The van der Waals surface area contributed by atoms with Gasteiger partial charge in [0.25, 0.3) is 0 Å². The predicted molar refractivity (Wildman–Crippen MR) is 92.9 cm³/mol. The Hall–Kier alpha value is -2.72. The van der Waals surface area contributed by atoms with Crippen LogP contribution in [0.2, 0.25) is 0 Å². The molecule has 0 fully saturated rings. The second kappa shape index (κ2) is 7.70. The maximum Gasteiger partial charge on any atom is 0.171 e. The van der Waals surface area contributed by atoms with Gasteiger partial charge in [0, 0.05) is 24.8 Å². The van der Waals surface area contributed by atoms with Crippen LogP contribution in [-0.2, 0) is 19.7 Å². The average molecular weight is 322 g/mol. The van der Waals surface area contributed by atoms with Gasteiger partial charge in [-0.15, -0.1) is 0 Å². The van der Waals surface area contributed by atoms with Crippen molar-refractivity contribution in [1.29, 1.82) is 0 Å². The molecule has 4 heteroatoms. The molecule has 0 spiro atoms. The maximum absolute atomic E-state index is 14.7. The zero-order valence-electron chi connectivity index (χ0n) is 13.3. The van der Waals surface area contributed by atoms with Crippen molar-refractivity contribution >= 4 is 5.82 Å². The van der Waals surface area contributed by atoms with Crippen molar-refractivity contribution in [2.75, 3.05) is 4.90 Å². The SMILES string of the molecule is OCc1ccnc(N(Cc2ccccc2)Cc2ccccc2)c1F. The van der Waals surface area contributed by atoms with E-state index < -0.39 is 5.82 Å². The first-order valence-electron chi connectivity index (χ1n) is 7.85. The molecular formula is C20H19FN2O. The predicted octanol–water partition coefficient (Wildman–Crippen LogP) is 3.92. The Morgan fingerprint density at radius 1 is 0.833 bits per heavy atom. The van der Waals surface area contributed by atoms with Gasteiger partial charge in [-0.3, -0.25) is 0 Å². The first kappa shape index (κ1) is 16.1. The van der Waals surface area contributed by atoms with Crippen LogP contribution in [0.3, 0.4) is 0 Å². The lowest BCUT2D eigenvalue weighted by Gasteiger charge is -2.25. The highest BCUT2D eigenvalue weighted by molar-refractivity contribution is 5.44. The van der Waals surface area contributed by atoms with Gasteiger partial charge in [-0.2, -0.15) is 0 Å². The van der Waals surface area contributed by atoms with E-state index in [-0.39, 0.29) is 18.0 Å². The van der Waals surface area contributed by atoms with Crippen LogP contribution in [-0.4, -0.2) is 10.1 Å². The van der Waals surface area contributed by atoms with E-state index in [2.05, 4.69) is 4.98 Å². The number of benzene rings is 2. The third kappa shape index (κ3) is 3.78. The van der Waals surface area contributed by atoms with Gasteiger partial charge in [0.15, 0.2) is 11.6 Å². The highest BCUT2D eigenvalue weighted by atomic mass is 19.1. The lowest BCUT2D eigenvalue weighted by Crippen LogP contribution is -2.24. The zero-order chi connectivity index (χ0) is 16.8. The first-order valence-corrected chi connectivity index (χ1v) is 7.85. The summed E-state index contributed by atoms with van der Waals surface area (Å²) < 4.78 is 14.7. The molecule has 3 nitrogen and oxygen atoms in total. The molecule has 1 aromatic heterocycles. The molecule has 0 amide bonds. The summed E-state index contributed by atoms with van der Waals surface area (Å²) in [5, 5.41) is 9.32. The second-order valence-corrected chi connectivity index (χ2v) is 5.59. The van der Waals surface area contributed by atoms with E-state index in [4.69, 9.17) is 0 Å². The fourth-order valence-corrected chi connectivity index (χ4v) is 2.63. The van der Waals surface area contributed by atoms with E-state index in [1.165, 1.54) is 12.3 Å². The van der Waals surface area contributed by atoms with E-state index in [0.29, 0.717) is 13.1 Å². The lowest BCUT2D eigenvalue weighted by molar-refractivity contribution is 0.275. The van der Waals surface area contributed by atoms with Crippen LogP contribution < -0.4 is 4.90 Å². The van der Waals surface area contributed by atoms with Crippen LogP contribution in [0, 0.1) is 5.82 Å². The van der Waals surface area contributed by atoms with Crippen molar-refractivity contribution in [3.8, 4) is 0 Å². The third-order valence-electron chi connectivity index (χ3n) is 3.85. The standard InChI is InChI=1S/C20H19FN2O/c21-19-18(15-24)11-12-22-20(19)23(13-16-7-3-1-4-8-16)14-17-9-5-2-6-10-17/h1-12,24H,13-15H2. The van der Waals surface area contributed by atoms with Gasteiger partial charge in [-0.05, 0) is 17.2 Å². The highest BCUT2D eigenvalue weighted by Gasteiger charge is 2.17. The smallest absolute Gasteiger partial charge is 0.171 e. The Bertz CT molecular complexity index is 737. The van der Waals surface area contributed by atoms with Crippen molar-refractivity contribution in [1.82, 2.24) is 4.98 Å². The number of anilines is 1. The molecule has 0 aliphatic carbocycles. The molecule has 0 unspecified atom stereocenters. The fourth-order valence-electron chi connectivity index (χ4n) is 2.63. The Labute approximate surface area is 141 Å². The molecule has 0 saturated carbocycles. The van der Waals surface area contributed by atoms with Crippen molar-refractivity contribution in [3.05, 3.63) is 95.4 Å². The zero-order valence-corrected chi connectivity index (χ0v) is 13.3. The molecule has 24 heavy (non-hydrogen) atoms. The summed E-state index contributed by atoms with van der Waals surface area (Å²) in [5.41, 5.74) is 2.40. The monoisotopic (exact) mass is 322 g/mol. The molecule has 0 bridgehead atoms. The van der Waals surface area contributed by atoms with Gasteiger partial charge in [-0.1, -0.05) is 60.7 Å². The number of halogens is 1. The molecule has 0 aliphatic heterocycles. The number of aliphatic hydroxyl groups is 1. The topological polar surface area (TPSA) is 36.4 Å². The van der Waals surface area contributed by atoms with Crippen LogP contribution in [0.5, 0.6) is 0 Å². The van der Waals surface area contributed by atoms with Gasteiger partial charge in [0.05, 0.1) is 6.61 Å². The molecule has 0 saturated heterocycles. The van der Waals surface area contributed by atoms with Crippen LogP contribution in [0.25, 0.3) is 0 Å². The molecule has 0 aliphatic rings. The van der Waals surface area contributed by atoms with Gasteiger partial charge in [0.1, 0.15) is 0 Å². The molecule has 122 valence electrons. The highest BCUT2D eigenvalue weighted by Crippen LogP contribution is 2.23. The minimum Gasteiger partial charge on any atom is -0.392 e. The summed E-state index contributed by atoms with van der Waals surface area (Å²) >= 11 is 0. The van der Waals surface area contributed by atoms with E-state index in [1.807, 2.05) is 65.6 Å². The fraction of sp³-hybridized carbons (Fsp3) is 0.150. The number of aromatic nitrogens is 1. The number of rotatable bonds is 6. The maximum atomic E-state index is 14.7. The molecule has 0 radical (unpaired) electrons. The average Bonchev–Trinajstić information content (AvgIpc) is 2.63. The van der Waals surface area contributed by atoms with Crippen LogP contribution in [0.15, 0.2) is 72.9 Å². The Morgan fingerprint density at radius 2 is 1.38 bits per heavy atom. The Balaban J connectivity index is 1.95. The summed E-state index contributed by atoms with van der Waals surface area (Å²) in [6.45, 7) is 0.731. The van der Waals surface area contributed by atoms with Gasteiger partial charge in [0.2, 0.25) is 0 Å². The summed E-state index contributed by atoms with van der Waals surface area (Å²) in [7, 11) is 0. The number of pyridine rings is 1. The summed E-state index contributed by atoms with van der Waals surface area (Å²) in [6.07, 6.45) is 1.53. The van der Waals surface area contributed by atoms with Crippen molar-refractivity contribution in [3.63, 3.8) is 0 Å². The molecular weight excluding hydrogens is 303 g/mol. The quantitative estimate of drug-likeness (QED) is 0.747. The summed E-state index contributed by atoms with van der Waals surface area (Å²) in [6, 6.07) is 21.3. The number of nitrogens with zero attached hydrogens (tertiary/aromatic N) is 2. The molecule has 1 heterocycles. The lowest BCUT2D eigenvalue weighted by atomic mass is 10.1. The molecule has 3 aromatic rings. The molecule has 2 aromatic carbocycles. The van der Waals surface area contributed by atoms with E-state index in [0.717, 1.165) is 11.1 Å². The van der Waals surface area contributed by atoms with Gasteiger partial charge in [-0.25, -0.2) is 9.37 Å². The molecule has 3 rings (SSSR count). The largest absolute Gasteiger partial charge is 0.392 e. The van der Waals surface area contributed by atoms with Crippen molar-refractivity contribution < 1.29 is 9.50 Å². The van der Waals surface area contributed by atoms with Gasteiger partial charge >= 0.3 is 0 Å². The van der Waals surface area contributed by atoms with Crippen molar-refractivity contribution in [2.24, 2.45) is 0 Å². The Morgan fingerprint density at radius 3 is 1.88 bits per heavy atom. The number of aliphatic hydroxyl groups excluding tert-OH is 1. The second-order valence-electron chi connectivity index (χ2n) is 5.59. The van der Waals surface area contributed by atoms with Crippen LogP contribution in [0.4, 0.5) is 10.2 Å².